The molecule has 0 heterocycles. The quantitative estimate of drug-likeness (QED) is 0.781. The molecule has 1 saturated carbocycles. The summed E-state index contributed by atoms with van der Waals surface area (Å²) in [6.07, 6.45) is 3.83. The van der Waals surface area contributed by atoms with E-state index in [0.717, 1.165) is 30.4 Å². The van der Waals surface area contributed by atoms with Crippen molar-refractivity contribution in [3.63, 3.8) is 0 Å². The van der Waals surface area contributed by atoms with Crippen LogP contribution in [0.1, 0.15) is 73.4 Å². The summed E-state index contributed by atoms with van der Waals surface area (Å²) in [6, 6.07) is 17.2. The molecule has 1 fully saturated rings. The summed E-state index contributed by atoms with van der Waals surface area (Å²) < 4.78 is 0. The molecule has 3 heteroatoms. The average Bonchev–Trinajstić information content (AvgIpc) is 2.62. The molecular formula is C23H28O3. The van der Waals surface area contributed by atoms with E-state index in [4.69, 9.17) is 0 Å². The number of Topliss-reactive ketones (excluding diaryl/α,β-unsaturated/α-hetero) is 1. The lowest BCUT2D eigenvalue weighted by molar-refractivity contribution is 0.0112. The van der Waals surface area contributed by atoms with Gasteiger partial charge in [-0.1, -0.05) is 73.9 Å². The van der Waals surface area contributed by atoms with Crippen molar-refractivity contribution in [2.75, 3.05) is 0 Å². The molecule has 3 nitrogen and oxygen atoms in total. The molecule has 26 heavy (non-hydrogen) atoms. The van der Waals surface area contributed by atoms with Gasteiger partial charge < -0.3 is 10.2 Å². The third kappa shape index (κ3) is 3.74. The average molecular weight is 352 g/mol. The highest BCUT2D eigenvalue weighted by Crippen LogP contribution is 2.39. The van der Waals surface area contributed by atoms with E-state index in [1.807, 2.05) is 48.5 Å². The van der Waals surface area contributed by atoms with Crippen LogP contribution in [0.15, 0.2) is 54.6 Å². The van der Waals surface area contributed by atoms with Crippen LogP contribution in [0.5, 0.6) is 0 Å². The summed E-state index contributed by atoms with van der Waals surface area (Å²) in [7, 11) is 0. The van der Waals surface area contributed by atoms with Crippen molar-refractivity contribution in [1.29, 1.82) is 0 Å². The van der Waals surface area contributed by atoms with Crippen molar-refractivity contribution >= 4 is 5.78 Å². The van der Waals surface area contributed by atoms with E-state index in [1.165, 1.54) is 0 Å². The molecule has 1 atom stereocenters. The summed E-state index contributed by atoms with van der Waals surface area (Å²) in [6.45, 7) is 3.53. The van der Waals surface area contributed by atoms with Crippen molar-refractivity contribution < 1.29 is 15.0 Å². The van der Waals surface area contributed by atoms with Gasteiger partial charge in [0.15, 0.2) is 5.78 Å². The number of carbonyl (C=O) groups is 1. The topological polar surface area (TPSA) is 57.5 Å². The molecule has 0 spiro atoms. The van der Waals surface area contributed by atoms with Gasteiger partial charge in [-0.25, -0.2) is 0 Å². The van der Waals surface area contributed by atoms with Gasteiger partial charge in [0, 0.05) is 11.5 Å². The molecule has 1 aliphatic carbocycles. The van der Waals surface area contributed by atoms with Crippen LogP contribution in [0.3, 0.4) is 0 Å². The Bertz CT molecular complexity index is 753. The minimum absolute atomic E-state index is 0.210. The van der Waals surface area contributed by atoms with E-state index in [2.05, 4.69) is 0 Å². The predicted octanol–water partition coefficient (Wildman–Crippen LogP) is 4.47. The number of ketones is 1. The van der Waals surface area contributed by atoms with Crippen LogP contribution in [-0.4, -0.2) is 27.2 Å². The lowest BCUT2D eigenvalue weighted by Crippen LogP contribution is -2.41. The second kappa shape index (κ2) is 7.34. The Hall–Kier alpha value is -1.97. The van der Waals surface area contributed by atoms with Crippen LogP contribution >= 0.6 is 0 Å². The highest BCUT2D eigenvalue weighted by atomic mass is 16.3. The summed E-state index contributed by atoms with van der Waals surface area (Å²) in [5.74, 6) is -0.561. The number of rotatable bonds is 5. The Morgan fingerprint density at radius 2 is 1.54 bits per heavy atom. The zero-order valence-electron chi connectivity index (χ0n) is 15.6. The highest BCUT2D eigenvalue weighted by molar-refractivity contribution is 6.03. The molecule has 0 aromatic heterocycles. The van der Waals surface area contributed by atoms with Gasteiger partial charge >= 0.3 is 0 Å². The molecule has 2 N–H and O–H groups in total. The normalized spacial score (nSPS) is 18.3. The minimum Gasteiger partial charge on any atom is -0.389 e. The molecule has 2 aromatic carbocycles. The van der Waals surface area contributed by atoms with Crippen molar-refractivity contribution in [3.8, 4) is 0 Å². The fourth-order valence-corrected chi connectivity index (χ4v) is 4.18. The van der Waals surface area contributed by atoms with Gasteiger partial charge in [-0.2, -0.15) is 0 Å². The molecular weight excluding hydrogens is 324 g/mol. The van der Waals surface area contributed by atoms with Crippen LogP contribution < -0.4 is 0 Å². The second-order valence-electron chi connectivity index (χ2n) is 8.01. The van der Waals surface area contributed by atoms with Gasteiger partial charge in [0.1, 0.15) is 5.60 Å². The number of benzene rings is 2. The van der Waals surface area contributed by atoms with Crippen LogP contribution in [0.25, 0.3) is 0 Å². The van der Waals surface area contributed by atoms with Gasteiger partial charge in [-0.15, -0.1) is 0 Å². The van der Waals surface area contributed by atoms with E-state index in [1.54, 1.807) is 19.9 Å². The molecule has 0 saturated heterocycles. The first-order chi connectivity index (χ1) is 12.3. The van der Waals surface area contributed by atoms with Crippen LogP contribution in [-0.2, 0) is 0 Å². The molecule has 3 rings (SSSR count). The second-order valence-corrected chi connectivity index (χ2v) is 8.01. The van der Waals surface area contributed by atoms with Crippen LogP contribution in [0.4, 0.5) is 0 Å². The van der Waals surface area contributed by atoms with Gasteiger partial charge in [0.05, 0.1) is 5.60 Å². The maximum atomic E-state index is 13.3. The molecule has 0 amide bonds. The largest absolute Gasteiger partial charge is 0.389 e. The molecule has 2 aromatic rings. The van der Waals surface area contributed by atoms with E-state index in [0.29, 0.717) is 18.4 Å². The SMILES string of the molecule is CC(C)(O)C(c1ccccc1)c1ccccc1C(=O)C1(O)CCCCC1. The highest BCUT2D eigenvalue weighted by Gasteiger charge is 2.40. The smallest absolute Gasteiger partial charge is 0.194 e. The van der Waals surface area contributed by atoms with Crippen LogP contribution in [0, 0.1) is 0 Å². The maximum absolute atomic E-state index is 13.3. The van der Waals surface area contributed by atoms with Crippen LogP contribution in [0.2, 0.25) is 0 Å². The third-order valence-corrected chi connectivity index (χ3v) is 5.46. The first-order valence-electron chi connectivity index (χ1n) is 9.46. The fourth-order valence-electron chi connectivity index (χ4n) is 4.18. The Balaban J connectivity index is 2.09. The van der Waals surface area contributed by atoms with Crippen molar-refractivity contribution in [2.24, 2.45) is 0 Å². The van der Waals surface area contributed by atoms with Gasteiger partial charge in [-0.05, 0) is 37.8 Å². The van der Waals surface area contributed by atoms with Gasteiger partial charge in [0.25, 0.3) is 0 Å². The zero-order chi connectivity index (χ0) is 18.8. The summed E-state index contributed by atoms with van der Waals surface area (Å²) in [5, 5.41) is 21.9. The van der Waals surface area contributed by atoms with Crippen molar-refractivity contribution in [1.82, 2.24) is 0 Å². The van der Waals surface area contributed by atoms with E-state index in [9.17, 15) is 15.0 Å². The first-order valence-corrected chi connectivity index (χ1v) is 9.46. The standard InChI is InChI=1S/C23H28O3/c1-22(2,25)20(17-11-5-3-6-12-17)18-13-7-8-14-19(18)21(24)23(26)15-9-4-10-16-23/h3,5-8,11-14,20,25-26H,4,9-10,15-16H2,1-2H3. The molecule has 1 aliphatic rings. The Morgan fingerprint density at radius 3 is 2.15 bits per heavy atom. The Labute approximate surface area is 155 Å². The Kier molecular flexibility index (Phi) is 5.31. The van der Waals surface area contributed by atoms with E-state index in [-0.39, 0.29) is 11.7 Å². The van der Waals surface area contributed by atoms with E-state index < -0.39 is 11.2 Å². The summed E-state index contributed by atoms with van der Waals surface area (Å²) in [4.78, 5) is 13.3. The molecule has 1 unspecified atom stereocenters. The minimum atomic E-state index is -1.28. The lowest BCUT2D eigenvalue weighted by Gasteiger charge is -2.34. The monoisotopic (exact) mass is 352 g/mol. The van der Waals surface area contributed by atoms with Crippen molar-refractivity contribution in [3.05, 3.63) is 71.3 Å². The summed E-state index contributed by atoms with van der Waals surface area (Å²) in [5.41, 5.74) is -0.0822. The van der Waals surface area contributed by atoms with Crippen molar-refractivity contribution in [2.45, 2.75) is 63.1 Å². The molecule has 0 bridgehead atoms. The third-order valence-electron chi connectivity index (χ3n) is 5.46. The number of aliphatic hydroxyl groups is 2. The number of hydrogen-bond donors (Lipinski definition) is 2. The first kappa shape index (κ1) is 18.8. The molecule has 0 aliphatic heterocycles. The Morgan fingerprint density at radius 1 is 0.962 bits per heavy atom. The lowest BCUT2D eigenvalue weighted by atomic mass is 9.73. The van der Waals surface area contributed by atoms with Gasteiger partial charge in [-0.3, -0.25) is 4.79 Å². The molecule has 138 valence electrons. The van der Waals surface area contributed by atoms with E-state index >= 15 is 0 Å². The maximum Gasteiger partial charge on any atom is 0.194 e. The summed E-state index contributed by atoms with van der Waals surface area (Å²) >= 11 is 0. The predicted molar refractivity (Wildman–Crippen MR) is 103 cm³/mol. The zero-order valence-corrected chi connectivity index (χ0v) is 15.6. The number of hydrogen-bond acceptors (Lipinski definition) is 3. The fraction of sp³-hybridized carbons (Fsp3) is 0.435. The number of carbonyl (C=O) groups excluding carboxylic acids is 1. The molecule has 0 radical (unpaired) electrons. The van der Waals surface area contributed by atoms with Gasteiger partial charge in [0.2, 0.25) is 0 Å².